The molecule has 122 valence electrons. The lowest BCUT2D eigenvalue weighted by atomic mass is 9.48. The van der Waals surface area contributed by atoms with E-state index in [2.05, 4.69) is 31.3 Å². The molecule has 3 heteroatoms. The van der Waals surface area contributed by atoms with Gasteiger partial charge < -0.3 is 10.4 Å². The van der Waals surface area contributed by atoms with Crippen molar-refractivity contribution < 1.29 is 9.90 Å². The van der Waals surface area contributed by atoms with Crippen molar-refractivity contribution in [1.82, 2.24) is 5.32 Å². The highest BCUT2D eigenvalue weighted by atomic mass is 16.4. The van der Waals surface area contributed by atoms with Gasteiger partial charge in [0.1, 0.15) is 0 Å². The molecule has 0 aromatic heterocycles. The van der Waals surface area contributed by atoms with E-state index in [0.717, 1.165) is 37.6 Å². The second kappa shape index (κ2) is 4.83. The van der Waals surface area contributed by atoms with Gasteiger partial charge >= 0.3 is 5.97 Å². The van der Waals surface area contributed by atoms with Crippen molar-refractivity contribution in [3.63, 3.8) is 0 Å². The van der Waals surface area contributed by atoms with Gasteiger partial charge in [0.25, 0.3) is 0 Å². The number of hydrogen-bond donors (Lipinski definition) is 2. The highest BCUT2D eigenvalue weighted by molar-refractivity contribution is 5.71. The molecule has 4 rings (SSSR count). The highest BCUT2D eigenvalue weighted by Gasteiger charge is 2.60. The van der Waals surface area contributed by atoms with E-state index in [1.165, 1.54) is 19.3 Å². The van der Waals surface area contributed by atoms with E-state index in [0.29, 0.717) is 12.0 Å². The summed E-state index contributed by atoms with van der Waals surface area (Å²) in [6.07, 6.45) is 11.7. The van der Waals surface area contributed by atoms with Crippen molar-refractivity contribution in [3.05, 3.63) is 12.2 Å². The zero-order valence-electron chi connectivity index (χ0n) is 13.8. The second-order valence-corrected chi connectivity index (χ2v) is 8.70. The van der Waals surface area contributed by atoms with Crippen molar-refractivity contribution in [3.8, 4) is 0 Å². The monoisotopic (exact) mass is 303 g/mol. The lowest BCUT2D eigenvalue weighted by Gasteiger charge is -2.58. The molecule has 4 aliphatic rings. The Morgan fingerprint density at radius 3 is 2.73 bits per heavy atom. The van der Waals surface area contributed by atoms with E-state index < -0.39 is 5.97 Å². The van der Waals surface area contributed by atoms with E-state index in [1.807, 2.05) is 0 Å². The Bertz CT molecular complexity index is 516. The van der Waals surface area contributed by atoms with E-state index in [1.54, 1.807) is 0 Å². The molecule has 3 saturated carbocycles. The van der Waals surface area contributed by atoms with E-state index in [9.17, 15) is 9.90 Å². The van der Waals surface area contributed by atoms with Crippen LogP contribution in [0, 0.1) is 34.5 Å². The van der Waals surface area contributed by atoms with Crippen LogP contribution in [0.4, 0.5) is 0 Å². The summed E-state index contributed by atoms with van der Waals surface area (Å²) in [5, 5.41) is 13.3. The fourth-order valence-electron chi connectivity index (χ4n) is 6.88. The zero-order chi connectivity index (χ0) is 15.5. The zero-order valence-corrected chi connectivity index (χ0v) is 13.8. The molecule has 0 radical (unpaired) electrons. The molecule has 0 amide bonds. The molecule has 1 heterocycles. The van der Waals surface area contributed by atoms with Gasteiger partial charge in [-0.3, -0.25) is 4.79 Å². The summed E-state index contributed by atoms with van der Waals surface area (Å²) in [6, 6.07) is 0.625. The van der Waals surface area contributed by atoms with Gasteiger partial charge in [0.05, 0.1) is 5.92 Å². The minimum atomic E-state index is -0.553. The van der Waals surface area contributed by atoms with Crippen molar-refractivity contribution in [2.75, 3.05) is 6.54 Å². The van der Waals surface area contributed by atoms with Crippen LogP contribution in [-0.2, 0) is 4.79 Å². The summed E-state index contributed by atoms with van der Waals surface area (Å²) < 4.78 is 0. The van der Waals surface area contributed by atoms with Gasteiger partial charge in [-0.25, -0.2) is 0 Å². The number of nitrogens with one attached hydrogen (secondary N) is 1. The summed E-state index contributed by atoms with van der Waals surface area (Å²) in [4.78, 5) is 11.7. The topological polar surface area (TPSA) is 49.3 Å². The Kier molecular flexibility index (Phi) is 3.24. The third kappa shape index (κ3) is 1.81. The van der Waals surface area contributed by atoms with Crippen LogP contribution in [0.5, 0.6) is 0 Å². The molecule has 3 aliphatic carbocycles. The van der Waals surface area contributed by atoms with Gasteiger partial charge in [-0.05, 0) is 61.7 Å². The van der Waals surface area contributed by atoms with Crippen LogP contribution >= 0.6 is 0 Å². The van der Waals surface area contributed by atoms with Crippen LogP contribution in [-0.4, -0.2) is 23.7 Å². The van der Waals surface area contributed by atoms with Gasteiger partial charge in [-0.2, -0.15) is 0 Å². The fraction of sp³-hybridized carbons (Fsp3) is 0.842. The minimum Gasteiger partial charge on any atom is -0.481 e. The fourth-order valence-corrected chi connectivity index (χ4v) is 6.88. The Labute approximate surface area is 133 Å². The smallest absolute Gasteiger partial charge is 0.307 e. The number of aliphatic carboxylic acids is 1. The summed E-state index contributed by atoms with van der Waals surface area (Å²) in [5.41, 5.74) is 0.325. The Morgan fingerprint density at radius 1 is 1.14 bits per heavy atom. The third-order valence-electron chi connectivity index (χ3n) is 8.03. The Hall–Kier alpha value is -0.830. The van der Waals surface area contributed by atoms with Crippen LogP contribution in [0.3, 0.4) is 0 Å². The number of rotatable bonds is 1. The number of hydrogen-bond acceptors (Lipinski definition) is 2. The van der Waals surface area contributed by atoms with Crippen molar-refractivity contribution >= 4 is 5.97 Å². The average Bonchev–Trinajstić information content (AvgIpc) is 2.84. The van der Waals surface area contributed by atoms with E-state index in [-0.39, 0.29) is 16.7 Å². The van der Waals surface area contributed by atoms with Crippen LogP contribution in [0.2, 0.25) is 0 Å². The van der Waals surface area contributed by atoms with E-state index >= 15 is 0 Å². The molecule has 7 atom stereocenters. The van der Waals surface area contributed by atoms with Crippen molar-refractivity contribution in [2.24, 2.45) is 34.5 Å². The van der Waals surface area contributed by atoms with Crippen LogP contribution < -0.4 is 5.32 Å². The summed E-state index contributed by atoms with van der Waals surface area (Å²) in [6.45, 7) is 5.74. The predicted octanol–water partition coefficient (Wildman–Crippen LogP) is 3.46. The molecule has 0 spiro atoms. The van der Waals surface area contributed by atoms with Crippen LogP contribution in [0.25, 0.3) is 0 Å². The molecule has 3 fully saturated rings. The molecule has 1 aliphatic heterocycles. The van der Waals surface area contributed by atoms with Crippen molar-refractivity contribution in [2.45, 2.75) is 58.4 Å². The first kappa shape index (κ1) is 14.7. The lowest BCUT2D eigenvalue weighted by Crippen LogP contribution is -2.58. The first-order chi connectivity index (χ1) is 10.5. The Morgan fingerprint density at radius 2 is 1.95 bits per heavy atom. The van der Waals surface area contributed by atoms with Gasteiger partial charge in [0.15, 0.2) is 0 Å². The molecule has 2 N–H and O–H groups in total. The minimum absolute atomic E-state index is 0.0437. The molecular weight excluding hydrogens is 274 g/mol. The van der Waals surface area contributed by atoms with Crippen LogP contribution in [0.15, 0.2) is 12.2 Å². The number of carboxylic acids is 1. The molecular formula is C19H29NO2. The highest BCUT2D eigenvalue weighted by Crippen LogP contribution is 2.64. The SMILES string of the molecule is C[C@]12C=CCN[C@@H]1CC[C@@H]1[C@@H]2CC[C@]2(C)[C@@H](C(=O)O)CC[C@@H]12. The number of carbonyl (C=O) groups is 1. The van der Waals surface area contributed by atoms with Gasteiger partial charge in [-0.1, -0.05) is 26.0 Å². The molecule has 0 bridgehead atoms. The van der Waals surface area contributed by atoms with Gasteiger partial charge in [0.2, 0.25) is 0 Å². The first-order valence-corrected chi connectivity index (χ1v) is 9.11. The summed E-state index contributed by atoms with van der Waals surface area (Å²) >= 11 is 0. The number of carboxylic acid groups (broad SMARTS) is 1. The average molecular weight is 303 g/mol. The Balaban J connectivity index is 1.66. The largest absolute Gasteiger partial charge is 0.481 e. The molecule has 3 nitrogen and oxygen atoms in total. The van der Waals surface area contributed by atoms with Crippen LogP contribution in [0.1, 0.15) is 52.4 Å². The summed E-state index contributed by atoms with van der Waals surface area (Å²) in [7, 11) is 0. The van der Waals surface area contributed by atoms with Gasteiger partial charge in [-0.15, -0.1) is 0 Å². The summed E-state index contributed by atoms with van der Waals surface area (Å²) in [5.74, 6) is 1.43. The number of fused-ring (bicyclic) bond motifs is 5. The maximum atomic E-state index is 11.7. The molecule has 0 aromatic rings. The van der Waals surface area contributed by atoms with E-state index in [4.69, 9.17) is 0 Å². The normalized spacial score (nSPS) is 53.5. The molecule has 0 unspecified atom stereocenters. The predicted molar refractivity (Wildman–Crippen MR) is 86.4 cm³/mol. The lowest BCUT2D eigenvalue weighted by molar-refractivity contribution is -0.149. The molecule has 0 aromatic carbocycles. The first-order valence-electron chi connectivity index (χ1n) is 9.11. The quantitative estimate of drug-likeness (QED) is 0.729. The molecule has 22 heavy (non-hydrogen) atoms. The van der Waals surface area contributed by atoms with Crippen molar-refractivity contribution in [1.29, 1.82) is 0 Å². The standard InChI is InChI=1S/C19H29NO2/c1-18-10-8-14-12(13(18)5-6-15(18)17(21)22)4-7-16-19(14,2)9-3-11-20-16/h3,9,12-16,20H,4-8,10-11H2,1-2H3,(H,21,22)/t12-,13-,14-,15+,16+,18-,19+/m0/s1. The second-order valence-electron chi connectivity index (χ2n) is 8.70. The maximum absolute atomic E-state index is 11.7. The third-order valence-corrected chi connectivity index (χ3v) is 8.03. The molecule has 0 saturated heterocycles. The van der Waals surface area contributed by atoms with Gasteiger partial charge in [0, 0.05) is 18.0 Å². The maximum Gasteiger partial charge on any atom is 0.307 e.